The lowest BCUT2D eigenvalue weighted by Crippen LogP contribution is -2.56. The van der Waals surface area contributed by atoms with Gasteiger partial charge in [0.15, 0.2) is 5.96 Å². The molecule has 0 radical (unpaired) electrons. The maximum Gasteiger partial charge on any atom is 0.289 e. The van der Waals surface area contributed by atoms with Gasteiger partial charge in [-0.3, -0.25) is 29.0 Å². The third kappa shape index (κ3) is 10.7. The van der Waals surface area contributed by atoms with Crippen molar-refractivity contribution in [2.75, 3.05) is 26.7 Å². The van der Waals surface area contributed by atoms with E-state index >= 15 is 0 Å². The fraction of sp³-hybridized carbons (Fsp3) is 0.600. The molecule has 2 fully saturated rings. The zero-order valence-corrected chi connectivity index (χ0v) is 24.9. The number of nitrogens with zero attached hydrogens (tertiary/aromatic N) is 2. The van der Waals surface area contributed by atoms with Gasteiger partial charge in [0.25, 0.3) is 5.91 Å². The largest absolute Gasteiger partial charge is 0.380 e. The van der Waals surface area contributed by atoms with Crippen LogP contribution in [0.2, 0.25) is 0 Å². The van der Waals surface area contributed by atoms with Gasteiger partial charge in [-0.1, -0.05) is 49.6 Å². The number of carbonyl (C=O) groups is 5. The van der Waals surface area contributed by atoms with Crippen LogP contribution in [0.1, 0.15) is 63.4 Å². The van der Waals surface area contributed by atoms with Crippen molar-refractivity contribution in [3.63, 3.8) is 0 Å². The predicted molar refractivity (Wildman–Crippen MR) is 161 cm³/mol. The molecule has 43 heavy (non-hydrogen) atoms. The van der Waals surface area contributed by atoms with Gasteiger partial charge in [-0.25, -0.2) is 0 Å². The van der Waals surface area contributed by atoms with Crippen LogP contribution in [0.3, 0.4) is 0 Å². The van der Waals surface area contributed by atoms with Gasteiger partial charge in [0.2, 0.25) is 23.5 Å². The van der Waals surface area contributed by atoms with Gasteiger partial charge in [-0.05, 0) is 31.2 Å². The van der Waals surface area contributed by atoms with E-state index < -0.39 is 47.7 Å². The van der Waals surface area contributed by atoms with Crippen LogP contribution in [0.25, 0.3) is 0 Å². The number of methoxy groups -OCH3 is 1. The molecule has 4 amide bonds. The van der Waals surface area contributed by atoms with E-state index in [1.54, 1.807) is 0 Å². The number of ether oxygens (including phenoxy) is 1. The van der Waals surface area contributed by atoms with Gasteiger partial charge in [-0.15, -0.1) is 0 Å². The number of benzene rings is 1. The highest BCUT2D eigenvalue weighted by molar-refractivity contribution is 6.38. The first kappa shape index (κ1) is 33.5. The SMILES string of the molecule is COC1C[C@@H]2C(=O)N[C@H](CCCN=C(N)N)C(=O)C(=O)NCCCCCCCC(=O)N[C@@H](Cc3ccccc3)C(=O)N2C1. The lowest BCUT2D eigenvalue weighted by molar-refractivity contribution is -0.143. The Labute approximate surface area is 252 Å². The Bertz CT molecular complexity index is 1140. The van der Waals surface area contributed by atoms with Crippen molar-refractivity contribution >= 4 is 35.4 Å². The summed E-state index contributed by atoms with van der Waals surface area (Å²) in [6.45, 7) is 0.670. The summed E-state index contributed by atoms with van der Waals surface area (Å²) in [5.74, 6) is -2.88. The molecule has 1 aromatic carbocycles. The molecule has 13 nitrogen and oxygen atoms in total. The first-order valence-electron chi connectivity index (χ1n) is 15.0. The number of nitrogens with two attached hydrogens (primary N) is 2. The number of aliphatic imine (C=N–C) groups is 1. The highest BCUT2D eigenvalue weighted by Gasteiger charge is 2.43. The molecule has 0 saturated carbocycles. The molecule has 7 N–H and O–H groups in total. The topological polar surface area (TPSA) is 198 Å². The summed E-state index contributed by atoms with van der Waals surface area (Å²) in [5, 5.41) is 8.27. The lowest BCUT2D eigenvalue weighted by atomic mass is 10.0. The molecule has 2 aliphatic rings. The summed E-state index contributed by atoms with van der Waals surface area (Å²) < 4.78 is 5.52. The molecule has 1 unspecified atom stereocenters. The van der Waals surface area contributed by atoms with Gasteiger partial charge < -0.3 is 37.1 Å². The molecule has 2 heterocycles. The quantitative estimate of drug-likeness (QED) is 0.124. The van der Waals surface area contributed by atoms with Gasteiger partial charge >= 0.3 is 0 Å². The summed E-state index contributed by atoms with van der Waals surface area (Å²) in [5.41, 5.74) is 11.7. The first-order valence-corrected chi connectivity index (χ1v) is 15.0. The number of hydrogen-bond donors (Lipinski definition) is 5. The van der Waals surface area contributed by atoms with E-state index in [1.807, 2.05) is 30.3 Å². The van der Waals surface area contributed by atoms with Crippen LogP contribution < -0.4 is 27.4 Å². The molecule has 0 spiro atoms. The number of fused-ring (bicyclic) bond motifs is 1. The smallest absolute Gasteiger partial charge is 0.289 e. The minimum Gasteiger partial charge on any atom is -0.380 e. The molecule has 3 rings (SSSR count). The molecule has 13 heteroatoms. The average molecular weight is 600 g/mol. The van der Waals surface area contributed by atoms with Crippen LogP contribution in [0, 0.1) is 0 Å². The predicted octanol–water partition coefficient (Wildman–Crippen LogP) is -0.0923. The third-order valence-corrected chi connectivity index (χ3v) is 7.77. The fourth-order valence-electron chi connectivity index (χ4n) is 5.41. The Morgan fingerprint density at radius 2 is 1.70 bits per heavy atom. The second-order valence-corrected chi connectivity index (χ2v) is 11.1. The number of rotatable bonds is 7. The molecule has 236 valence electrons. The lowest BCUT2D eigenvalue weighted by Gasteiger charge is -2.29. The normalized spacial score (nSPS) is 25.0. The summed E-state index contributed by atoms with van der Waals surface area (Å²) in [6.07, 6.45) is 4.58. The number of Topliss-reactive ketones (excluding diaryl/α,β-unsaturated/α-hetero) is 1. The fourth-order valence-corrected chi connectivity index (χ4v) is 5.41. The standard InChI is InChI=1S/C30H45N7O6/c1-43-21-18-24-27(40)36-22(13-10-16-34-30(31)32)26(39)28(41)33-15-9-4-2-3-8-14-25(38)35-23(29(42)37(24)19-21)17-20-11-6-5-7-12-20/h5-7,11-12,21-24H,2-4,8-10,13-19H2,1H3,(H,33,41)(H,35,38)(H,36,40)(H4,31,32,34)/t21?,22-,23+,24-/m1/s1. The zero-order chi connectivity index (χ0) is 31.2. The monoisotopic (exact) mass is 599 g/mol. The summed E-state index contributed by atoms with van der Waals surface area (Å²) >= 11 is 0. The molecule has 0 aliphatic carbocycles. The Balaban J connectivity index is 1.88. The number of hydrogen-bond acceptors (Lipinski definition) is 7. The van der Waals surface area contributed by atoms with E-state index in [1.165, 1.54) is 12.0 Å². The van der Waals surface area contributed by atoms with Crippen molar-refractivity contribution in [2.24, 2.45) is 16.5 Å². The summed E-state index contributed by atoms with van der Waals surface area (Å²) in [4.78, 5) is 71.8. The summed E-state index contributed by atoms with van der Waals surface area (Å²) in [7, 11) is 1.50. The van der Waals surface area contributed by atoms with Crippen LogP contribution in [-0.2, 0) is 35.1 Å². The number of amides is 4. The molecule has 2 saturated heterocycles. The number of guanidine groups is 1. The van der Waals surface area contributed by atoms with Crippen LogP contribution in [0.5, 0.6) is 0 Å². The molecule has 1 aromatic rings. The number of nitrogens with one attached hydrogen (secondary N) is 3. The minimum atomic E-state index is -1.14. The Hall–Kier alpha value is -4.00. The van der Waals surface area contributed by atoms with E-state index in [0.29, 0.717) is 25.8 Å². The molecular weight excluding hydrogens is 554 g/mol. The van der Waals surface area contributed by atoms with E-state index in [4.69, 9.17) is 16.2 Å². The van der Waals surface area contributed by atoms with Crippen LogP contribution in [-0.4, -0.2) is 91.2 Å². The number of ketones is 1. The molecule has 4 atom stereocenters. The van der Waals surface area contributed by atoms with E-state index in [2.05, 4.69) is 20.9 Å². The summed E-state index contributed by atoms with van der Waals surface area (Å²) in [6, 6.07) is 6.35. The van der Waals surface area contributed by atoms with Crippen molar-refractivity contribution in [1.29, 1.82) is 0 Å². The van der Waals surface area contributed by atoms with Crippen molar-refractivity contribution in [2.45, 2.75) is 88.4 Å². The Kier molecular flexibility index (Phi) is 13.4. The molecule has 0 aromatic heterocycles. The van der Waals surface area contributed by atoms with E-state index in [0.717, 1.165) is 24.8 Å². The average Bonchev–Trinajstić information content (AvgIpc) is 3.43. The second-order valence-electron chi connectivity index (χ2n) is 11.1. The molecule has 2 aliphatic heterocycles. The van der Waals surface area contributed by atoms with Crippen molar-refractivity contribution < 1.29 is 28.7 Å². The highest BCUT2D eigenvalue weighted by Crippen LogP contribution is 2.23. The van der Waals surface area contributed by atoms with Crippen molar-refractivity contribution in [3.05, 3.63) is 35.9 Å². The zero-order valence-electron chi connectivity index (χ0n) is 24.9. The van der Waals surface area contributed by atoms with Crippen LogP contribution in [0.4, 0.5) is 0 Å². The van der Waals surface area contributed by atoms with Crippen LogP contribution in [0.15, 0.2) is 35.3 Å². The van der Waals surface area contributed by atoms with Crippen molar-refractivity contribution in [1.82, 2.24) is 20.9 Å². The third-order valence-electron chi connectivity index (χ3n) is 7.77. The highest BCUT2D eigenvalue weighted by atomic mass is 16.5. The van der Waals surface area contributed by atoms with Gasteiger partial charge in [-0.2, -0.15) is 0 Å². The van der Waals surface area contributed by atoms with Gasteiger partial charge in [0.1, 0.15) is 12.1 Å². The van der Waals surface area contributed by atoms with E-state index in [-0.39, 0.29) is 50.6 Å². The maximum atomic E-state index is 14.0. The second kappa shape index (κ2) is 17.2. The van der Waals surface area contributed by atoms with Crippen LogP contribution >= 0.6 is 0 Å². The van der Waals surface area contributed by atoms with Crippen molar-refractivity contribution in [3.8, 4) is 0 Å². The maximum absolute atomic E-state index is 14.0. The molecular formula is C30H45N7O6. The Morgan fingerprint density at radius 3 is 2.42 bits per heavy atom. The van der Waals surface area contributed by atoms with Gasteiger partial charge in [0.05, 0.1) is 12.1 Å². The minimum absolute atomic E-state index is 0.100. The van der Waals surface area contributed by atoms with Gasteiger partial charge in [0, 0.05) is 46.0 Å². The Morgan fingerprint density at radius 1 is 0.977 bits per heavy atom. The number of carbonyl (C=O) groups excluding carboxylic acids is 5. The van der Waals surface area contributed by atoms with E-state index in [9.17, 15) is 24.0 Å². The first-order chi connectivity index (χ1) is 20.7. The molecule has 0 bridgehead atoms.